The second-order valence-corrected chi connectivity index (χ2v) is 17.8. The lowest BCUT2D eigenvalue weighted by molar-refractivity contribution is 0.670. The van der Waals surface area contributed by atoms with Crippen molar-refractivity contribution in [3.8, 4) is 33.4 Å². The average molecular weight is 837 g/mol. The number of hydrogen-bond acceptors (Lipinski definition) is 3. The molecule has 1 aliphatic carbocycles. The van der Waals surface area contributed by atoms with Gasteiger partial charge >= 0.3 is 0 Å². The molecule has 0 amide bonds. The summed E-state index contributed by atoms with van der Waals surface area (Å²) < 4.78 is 11.5. The molecule has 12 aromatic rings. The Labute approximate surface area is 374 Å². The molecule has 3 aromatic heterocycles. The van der Waals surface area contributed by atoms with Crippen LogP contribution in [0.4, 0.5) is 17.1 Å². The second-order valence-electron chi connectivity index (χ2n) is 16.8. The van der Waals surface area contributed by atoms with Crippen molar-refractivity contribution in [3.63, 3.8) is 0 Å². The molecule has 0 atom stereocenters. The second kappa shape index (κ2) is 14.9. The van der Waals surface area contributed by atoms with Crippen LogP contribution in [-0.2, 0) is 0 Å². The third-order valence-electron chi connectivity index (χ3n) is 13.0. The Bertz CT molecular complexity index is 3840. The Morgan fingerprint density at radius 3 is 1.91 bits per heavy atom. The number of thiophene rings is 1. The van der Waals surface area contributed by atoms with E-state index in [2.05, 4.69) is 216 Å². The van der Waals surface area contributed by atoms with Crippen molar-refractivity contribution in [2.24, 2.45) is 0 Å². The van der Waals surface area contributed by atoms with E-state index in [9.17, 15) is 0 Å². The van der Waals surface area contributed by atoms with Gasteiger partial charge in [0.1, 0.15) is 11.2 Å². The van der Waals surface area contributed by atoms with Gasteiger partial charge in [-0.15, -0.1) is 11.3 Å². The third kappa shape index (κ3) is 6.02. The highest BCUT2D eigenvalue weighted by molar-refractivity contribution is 7.25. The minimum absolute atomic E-state index is 0.906. The van der Waals surface area contributed by atoms with Crippen LogP contribution in [-0.4, -0.2) is 4.57 Å². The van der Waals surface area contributed by atoms with Crippen LogP contribution in [0.5, 0.6) is 0 Å². The van der Waals surface area contributed by atoms with Gasteiger partial charge in [0.25, 0.3) is 0 Å². The zero-order chi connectivity index (χ0) is 42.1. The van der Waals surface area contributed by atoms with Gasteiger partial charge in [0.15, 0.2) is 0 Å². The SMILES string of the molecule is C1=CC(n2c3ccccc3c3cc(-c4ccc(N(c5ccc(-c6cccc7c6oc6ccccc67)cc5)c5cccc(-c6ccc7sc8ccccc8c7c6)c5)cc4)ccc32)=CCC1. The Morgan fingerprint density at radius 1 is 0.422 bits per heavy atom. The lowest BCUT2D eigenvalue weighted by Gasteiger charge is -2.26. The average Bonchev–Trinajstić information content (AvgIpc) is 4.04. The molecular formula is C60H40N2OS. The van der Waals surface area contributed by atoms with Crippen molar-refractivity contribution in [3.05, 3.63) is 218 Å². The molecule has 3 heterocycles. The van der Waals surface area contributed by atoms with Gasteiger partial charge in [0.2, 0.25) is 0 Å². The number of nitrogens with zero attached hydrogens (tertiary/aromatic N) is 2. The molecule has 0 saturated heterocycles. The predicted octanol–water partition coefficient (Wildman–Crippen LogP) is 17.7. The molecule has 0 unspecified atom stereocenters. The number of anilines is 3. The van der Waals surface area contributed by atoms with Gasteiger partial charge in [0, 0.05) is 70.0 Å². The highest BCUT2D eigenvalue weighted by atomic mass is 32.1. The Morgan fingerprint density at radius 2 is 1.06 bits per heavy atom. The maximum atomic E-state index is 6.46. The standard InChI is InChI=1S/C60H40N2OS/c1-2-13-44(14-3-1)62-55-21-7-4-16-49(55)53-37-42(28-34-56(53)62)39-24-30-45(31-25-39)61(46-32-26-40(27-33-46)48-19-11-20-52-50-17-5-8-22-57(50)63-60(48)52)47-15-10-12-41(36-47)43-29-35-59-54(38-43)51-18-6-9-23-58(51)64-59/h2,4-38H,1,3H2. The first-order valence-corrected chi connectivity index (χ1v) is 22.9. The van der Waals surface area contributed by atoms with Crippen molar-refractivity contribution >= 4 is 98.0 Å². The zero-order valence-electron chi connectivity index (χ0n) is 34.9. The van der Waals surface area contributed by atoms with E-state index in [1.807, 2.05) is 23.5 Å². The Balaban J connectivity index is 0.911. The van der Waals surface area contributed by atoms with Crippen LogP contribution in [0.15, 0.2) is 223 Å². The van der Waals surface area contributed by atoms with Crippen molar-refractivity contribution in [2.75, 3.05) is 4.90 Å². The molecule has 64 heavy (non-hydrogen) atoms. The van der Waals surface area contributed by atoms with E-state index in [0.29, 0.717) is 0 Å². The molecule has 0 N–H and O–H groups in total. The molecule has 302 valence electrons. The third-order valence-corrected chi connectivity index (χ3v) is 14.2. The van der Waals surface area contributed by atoms with Crippen LogP contribution < -0.4 is 4.90 Å². The molecule has 0 bridgehead atoms. The zero-order valence-corrected chi connectivity index (χ0v) is 35.7. The summed E-state index contributed by atoms with van der Waals surface area (Å²) in [5, 5.41) is 7.42. The van der Waals surface area contributed by atoms with Crippen molar-refractivity contribution in [1.29, 1.82) is 0 Å². The largest absolute Gasteiger partial charge is 0.455 e. The van der Waals surface area contributed by atoms with Crippen LogP contribution >= 0.6 is 11.3 Å². The maximum absolute atomic E-state index is 6.46. The van der Waals surface area contributed by atoms with Crippen LogP contribution in [0.3, 0.4) is 0 Å². The molecule has 3 nitrogen and oxygen atoms in total. The van der Waals surface area contributed by atoms with Crippen LogP contribution in [0, 0.1) is 0 Å². The summed E-state index contributed by atoms with van der Waals surface area (Å²) in [5.41, 5.74) is 15.7. The Hall–Kier alpha value is -7.92. The first kappa shape index (κ1) is 36.7. The Kier molecular flexibility index (Phi) is 8.53. The summed E-state index contributed by atoms with van der Waals surface area (Å²) in [7, 11) is 0. The van der Waals surface area contributed by atoms with E-state index in [-0.39, 0.29) is 0 Å². The number of fused-ring (bicyclic) bond motifs is 9. The van der Waals surface area contributed by atoms with Gasteiger partial charge in [-0.1, -0.05) is 133 Å². The van der Waals surface area contributed by atoms with Crippen molar-refractivity contribution < 1.29 is 4.42 Å². The summed E-state index contributed by atoms with van der Waals surface area (Å²) in [6.45, 7) is 0. The molecule has 13 rings (SSSR count). The van der Waals surface area contributed by atoms with E-state index in [4.69, 9.17) is 4.42 Å². The number of para-hydroxylation sites is 3. The summed E-state index contributed by atoms with van der Waals surface area (Å²) in [5.74, 6) is 0. The minimum atomic E-state index is 0.906. The number of allylic oxidation sites excluding steroid dienone is 4. The number of rotatable bonds is 7. The number of benzene rings is 9. The first-order chi connectivity index (χ1) is 31.7. The van der Waals surface area contributed by atoms with E-state index in [1.54, 1.807) is 0 Å². The lowest BCUT2D eigenvalue weighted by atomic mass is 10.00. The van der Waals surface area contributed by atoms with E-state index < -0.39 is 0 Å². The molecule has 1 aliphatic rings. The van der Waals surface area contributed by atoms with Crippen LogP contribution in [0.2, 0.25) is 0 Å². The van der Waals surface area contributed by atoms with E-state index in [0.717, 1.165) is 63.0 Å². The van der Waals surface area contributed by atoms with Crippen LogP contribution in [0.1, 0.15) is 12.8 Å². The minimum Gasteiger partial charge on any atom is -0.455 e. The molecule has 0 radical (unpaired) electrons. The molecule has 9 aromatic carbocycles. The number of furan rings is 1. The topological polar surface area (TPSA) is 21.3 Å². The summed E-state index contributed by atoms with van der Waals surface area (Å²) in [4.78, 5) is 2.37. The number of aromatic nitrogens is 1. The summed E-state index contributed by atoms with van der Waals surface area (Å²) in [6, 6.07) is 73.0. The fourth-order valence-corrected chi connectivity index (χ4v) is 11.0. The van der Waals surface area contributed by atoms with Gasteiger partial charge in [-0.25, -0.2) is 0 Å². The first-order valence-electron chi connectivity index (χ1n) is 22.1. The monoisotopic (exact) mass is 836 g/mol. The van der Waals surface area contributed by atoms with Gasteiger partial charge in [-0.2, -0.15) is 0 Å². The lowest BCUT2D eigenvalue weighted by Crippen LogP contribution is -2.10. The van der Waals surface area contributed by atoms with Crippen molar-refractivity contribution in [1.82, 2.24) is 4.57 Å². The van der Waals surface area contributed by atoms with Gasteiger partial charge in [-0.3, -0.25) is 0 Å². The molecule has 0 aliphatic heterocycles. The molecule has 0 fully saturated rings. The highest BCUT2D eigenvalue weighted by Gasteiger charge is 2.18. The molecule has 0 spiro atoms. The highest BCUT2D eigenvalue weighted by Crippen LogP contribution is 2.43. The normalized spacial score (nSPS) is 12.9. The van der Waals surface area contributed by atoms with E-state index >= 15 is 0 Å². The van der Waals surface area contributed by atoms with Crippen LogP contribution in [0.25, 0.3) is 103 Å². The van der Waals surface area contributed by atoms with Crippen molar-refractivity contribution in [2.45, 2.75) is 12.8 Å². The molecular weight excluding hydrogens is 797 g/mol. The van der Waals surface area contributed by atoms with Gasteiger partial charge < -0.3 is 13.9 Å². The quantitative estimate of drug-likeness (QED) is 0.159. The van der Waals surface area contributed by atoms with E-state index in [1.165, 1.54) is 69.9 Å². The predicted molar refractivity (Wildman–Crippen MR) is 273 cm³/mol. The summed E-state index contributed by atoms with van der Waals surface area (Å²) in [6.07, 6.45) is 9.07. The maximum Gasteiger partial charge on any atom is 0.143 e. The fourth-order valence-electron chi connectivity index (χ4n) is 9.94. The number of hydrogen-bond donors (Lipinski definition) is 0. The molecule has 4 heteroatoms. The molecule has 0 saturated carbocycles. The fraction of sp³-hybridized carbons (Fsp3) is 0.0333. The van der Waals surface area contributed by atoms with Gasteiger partial charge in [-0.05, 0) is 126 Å². The smallest absolute Gasteiger partial charge is 0.143 e. The van der Waals surface area contributed by atoms with Gasteiger partial charge in [0.05, 0.1) is 11.0 Å². The summed E-state index contributed by atoms with van der Waals surface area (Å²) >= 11 is 1.86.